The molecule has 4 aromatic heterocycles. The second-order valence-electron chi connectivity index (χ2n) is 11.5. The first-order chi connectivity index (χ1) is 19.6. The molecule has 41 heavy (non-hydrogen) atoms. The molecule has 0 unspecified atom stereocenters. The van der Waals surface area contributed by atoms with Crippen LogP contribution in [0.2, 0.25) is 0 Å². The zero-order chi connectivity index (χ0) is 28.8. The van der Waals surface area contributed by atoms with Crippen LogP contribution in [-0.2, 0) is 9.47 Å². The number of nitriles is 1. The highest BCUT2D eigenvalue weighted by molar-refractivity contribution is 7.18. The van der Waals surface area contributed by atoms with Crippen LogP contribution >= 0.6 is 11.3 Å². The molecular formula is C28H31N9O3S. The summed E-state index contributed by atoms with van der Waals surface area (Å²) in [5.41, 5.74) is 3.87. The molecule has 6 rings (SSSR count). The minimum atomic E-state index is -0.521. The fraction of sp³-hybridized carbons (Fsp3) is 0.429. The van der Waals surface area contributed by atoms with Crippen LogP contribution in [0, 0.1) is 11.3 Å². The van der Waals surface area contributed by atoms with Crippen LogP contribution in [0.4, 0.5) is 15.6 Å². The lowest BCUT2D eigenvalue weighted by molar-refractivity contribution is -0.0318. The minimum Gasteiger partial charge on any atom is -0.444 e. The summed E-state index contributed by atoms with van der Waals surface area (Å²) < 4.78 is 12.8. The van der Waals surface area contributed by atoms with Gasteiger partial charge in [0.25, 0.3) is 0 Å². The number of anilines is 2. The van der Waals surface area contributed by atoms with E-state index in [0.29, 0.717) is 45.0 Å². The summed E-state index contributed by atoms with van der Waals surface area (Å²) in [6.45, 7) is 11.3. The van der Waals surface area contributed by atoms with Crippen molar-refractivity contribution in [1.29, 1.82) is 5.26 Å². The van der Waals surface area contributed by atoms with Gasteiger partial charge in [0.05, 0.1) is 53.0 Å². The molecule has 0 aliphatic carbocycles. The Kier molecular flexibility index (Phi) is 6.75. The van der Waals surface area contributed by atoms with E-state index in [1.54, 1.807) is 21.7 Å². The fourth-order valence-electron chi connectivity index (χ4n) is 4.79. The third-order valence-corrected chi connectivity index (χ3v) is 7.94. The number of hydrogen-bond donors (Lipinski definition) is 1. The Balaban J connectivity index is 1.25. The number of fused-ring (bicyclic) bond motifs is 1. The lowest BCUT2D eigenvalue weighted by Crippen LogP contribution is -2.53. The highest BCUT2D eigenvalue weighted by Gasteiger charge is 2.34. The Labute approximate surface area is 241 Å². The Morgan fingerprint density at radius 1 is 1.15 bits per heavy atom. The molecule has 2 aliphatic rings. The van der Waals surface area contributed by atoms with Gasteiger partial charge in [-0.3, -0.25) is 4.98 Å². The molecule has 0 spiro atoms. The maximum Gasteiger partial charge on any atom is 0.410 e. The molecule has 0 aromatic carbocycles. The normalized spacial score (nSPS) is 16.8. The third-order valence-electron chi connectivity index (χ3n) is 6.92. The largest absolute Gasteiger partial charge is 0.444 e. The molecule has 13 heteroatoms. The Morgan fingerprint density at radius 2 is 1.93 bits per heavy atom. The van der Waals surface area contributed by atoms with Gasteiger partial charge in [-0.05, 0) is 52.0 Å². The van der Waals surface area contributed by atoms with E-state index < -0.39 is 5.60 Å². The van der Waals surface area contributed by atoms with Crippen LogP contribution < -0.4 is 10.2 Å². The summed E-state index contributed by atoms with van der Waals surface area (Å²) in [6, 6.07) is 9.80. The van der Waals surface area contributed by atoms with Crippen LogP contribution in [0.3, 0.4) is 0 Å². The second-order valence-corrected chi connectivity index (χ2v) is 12.5. The van der Waals surface area contributed by atoms with Gasteiger partial charge in [-0.15, -0.1) is 10.2 Å². The average Bonchev–Trinajstić information content (AvgIpc) is 3.59. The molecule has 2 saturated heterocycles. The summed E-state index contributed by atoms with van der Waals surface area (Å²) in [5, 5.41) is 27.9. The molecule has 4 aromatic rings. The molecule has 0 radical (unpaired) electrons. The highest BCUT2D eigenvalue weighted by Crippen LogP contribution is 2.37. The van der Waals surface area contributed by atoms with E-state index in [1.165, 1.54) is 11.3 Å². The van der Waals surface area contributed by atoms with E-state index in [2.05, 4.69) is 38.5 Å². The van der Waals surface area contributed by atoms with Gasteiger partial charge in [0, 0.05) is 38.1 Å². The van der Waals surface area contributed by atoms with Gasteiger partial charge in [-0.25, -0.2) is 9.31 Å². The van der Waals surface area contributed by atoms with Crippen molar-refractivity contribution in [3.05, 3.63) is 42.2 Å². The van der Waals surface area contributed by atoms with Crippen molar-refractivity contribution in [1.82, 2.24) is 29.7 Å². The smallest absolute Gasteiger partial charge is 0.410 e. The molecular weight excluding hydrogens is 542 g/mol. The first-order valence-corrected chi connectivity index (χ1v) is 14.2. The van der Waals surface area contributed by atoms with Crippen molar-refractivity contribution in [2.75, 3.05) is 49.6 Å². The van der Waals surface area contributed by atoms with Crippen LogP contribution in [0.15, 0.2) is 36.7 Å². The molecule has 0 atom stereocenters. The van der Waals surface area contributed by atoms with E-state index in [4.69, 9.17) is 14.5 Å². The number of aromatic nitrogens is 5. The molecule has 0 bridgehead atoms. The average molecular weight is 574 g/mol. The fourth-order valence-corrected chi connectivity index (χ4v) is 5.71. The highest BCUT2D eigenvalue weighted by atomic mass is 32.1. The SMILES string of the molecule is CC1(Nc2cc(-c3ccc4cc(C#N)cnn34)ncc2-c2nnc(N3CCN(C(=O)OC(C)(C)C)CC3)s2)COC1. The molecule has 212 valence electrons. The summed E-state index contributed by atoms with van der Waals surface area (Å²) in [6.07, 6.45) is 3.07. The summed E-state index contributed by atoms with van der Waals surface area (Å²) in [4.78, 5) is 21.1. The van der Waals surface area contributed by atoms with Crippen molar-refractivity contribution in [2.24, 2.45) is 0 Å². The first kappa shape index (κ1) is 26.9. The third kappa shape index (κ3) is 5.53. The first-order valence-electron chi connectivity index (χ1n) is 13.4. The van der Waals surface area contributed by atoms with Crippen molar-refractivity contribution >= 4 is 33.8 Å². The molecule has 12 nitrogen and oxygen atoms in total. The van der Waals surface area contributed by atoms with Crippen LogP contribution in [0.1, 0.15) is 33.3 Å². The maximum atomic E-state index is 12.5. The molecule has 0 saturated carbocycles. The van der Waals surface area contributed by atoms with Gasteiger partial charge in [0.15, 0.2) is 5.01 Å². The number of nitrogens with one attached hydrogen (secondary N) is 1. The van der Waals surface area contributed by atoms with E-state index >= 15 is 0 Å². The van der Waals surface area contributed by atoms with Crippen molar-refractivity contribution in [3.63, 3.8) is 0 Å². The standard InChI is InChI=1S/C28H31N9O3S/c1-27(2,3)40-26(38)36-9-7-35(8-10-36)25-34-33-24(41-25)20-15-30-22(12-21(20)32-28(4)16-39-17-28)23-6-5-19-11-18(13-29)14-31-37(19)23/h5-6,11-12,14-15H,7-10,16-17H2,1-4H3,(H,30,32). The second kappa shape index (κ2) is 10.3. The predicted octanol–water partition coefficient (Wildman–Crippen LogP) is 4.04. The molecule has 1 N–H and O–H groups in total. The number of carbonyl (C=O) groups is 1. The van der Waals surface area contributed by atoms with Gasteiger partial charge in [0.1, 0.15) is 11.7 Å². The van der Waals surface area contributed by atoms with E-state index in [0.717, 1.165) is 38.3 Å². The summed E-state index contributed by atoms with van der Waals surface area (Å²) in [5.74, 6) is 0. The molecule has 6 heterocycles. The van der Waals surface area contributed by atoms with Crippen molar-refractivity contribution < 1.29 is 14.3 Å². The number of piperazine rings is 1. The zero-order valence-electron chi connectivity index (χ0n) is 23.4. The lowest BCUT2D eigenvalue weighted by atomic mass is 9.99. The predicted molar refractivity (Wildman–Crippen MR) is 155 cm³/mol. The zero-order valence-corrected chi connectivity index (χ0v) is 24.2. The number of nitrogens with zero attached hydrogens (tertiary/aromatic N) is 8. The molecule has 1 amide bonds. The Morgan fingerprint density at radius 3 is 2.61 bits per heavy atom. The molecule has 2 aliphatic heterocycles. The number of carbonyl (C=O) groups excluding carboxylic acids is 1. The van der Waals surface area contributed by atoms with Crippen molar-refractivity contribution in [3.8, 4) is 28.0 Å². The van der Waals surface area contributed by atoms with E-state index in [9.17, 15) is 10.1 Å². The van der Waals surface area contributed by atoms with Crippen LogP contribution in [0.25, 0.3) is 27.5 Å². The van der Waals surface area contributed by atoms with E-state index in [1.807, 2.05) is 45.2 Å². The van der Waals surface area contributed by atoms with E-state index in [-0.39, 0.29) is 11.6 Å². The number of hydrogen-bond acceptors (Lipinski definition) is 11. The number of ether oxygens (including phenoxy) is 2. The van der Waals surface area contributed by atoms with Gasteiger partial charge in [0.2, 0.25) is 5.13 Å². The Hall–Kier alpha value is -4.28. The van der Waals surface area contributed by atoms with Crippen molar-refractivity contribution in [2.45, 2.75) is 38.8 Å². The van der Waals surface area contributed by atoms with Gasteiger partial charge < -0.3 is 24.6 Å². The monoisotopic (exact) mass is 573 g/mol. The van der Waals surface area contributed by atoms with Gasteiger partial charge in [-0.2, -0.15) is 10.4 Å². The number of rotatable bonds is 5. The quantitative estimate of drug-likeness (QED) is 0.373. The number of amides is 1. The van der Waals surface area contributed by atoms with Gasteiger partial charge >= 0.3 is 6.09 Å². The molecule has 2 fully saturated rings. The Bertz CT molecular complexity index is 1640. The lowest BCUT2D eigenvalue weighted by Gasteiger charge is -2.40. The number of pyridine rings is 1. The topological polar surface area (TPSA) is 134 Å². The van der Waals surface area contributed by atoms with Gasteiger partial charge in [-0.1, -0.05) is 11.3 Å². The maximum absolute atomic E-state index is 12.5. The van der Waals surface area contributed by atoms with Crippen LogP contribution in [0.5, 0.6) is 0 Å². The van der Waals surface area contributed by atoms with Crippen LogP contribution in [-0.4, -0.2) is 86.3 Å². The minimum absolute atomic E-state index is 0.208. The summed E-state index contributed by atoms with van der Waals surface area (Å²) >= 11 is 1.50. The summed E-state index contributed by atoms with van der Waals surface area (Å²) in [7, 11) is 0.